The van der Waals surface area contributed by atoms with Crippen LogP contribution >= 0.6 is 0 Å². The van der Waals surface area contributed by atoms with Crippen LogP contribution in [-0.2, 0) is 11.2 Å². The number of nitrogens with zero attached hydrogens (tertiary/aromatic N) is 1. The molecule has 0 aliphatic heterocycles. The first kappa shape index (κ1) is 20.6. The number of benzene rings is 2. The number of ether oxygens (including phenoxy) is 1. The predicted octanol–water partition coefficient (Wildman–Crippen LogP) is 4.45. The highest BCUT2D eigenvalue weighted by Gasteiger charge is 2.28. The molecule has 0 fully saturated rings. The van der Waals surface area contributed by atoms with Gasteiger partial charge in [0.2, 0.25) is 5.91 Å². The summed E-state index contributed by atoms with van der Waals surface area (Å²) in [5, 5.41) is 3.78. The van der Waals surface area contributed by atoms with E-state index in [0.717, 1.165) is 27.7 Å². The van der Waals surface area contributed by atoms with Crippen LogP contribution in [0.1, 0.15) is 53.9 Å². The summed E-state index contributed by atoms with van der Waals surface area (Å²) in [6.07, 6.45) is 0.633. The number of carbonyl (C=O) groups is 2. The maximum absolute atomic E-state index is 13.6. The zero-order valence-electron chi connectivity index (χ0n) is 17.7. The Bertz CT molecular complexity index is 1070. The van der Waals surface area contributed by atoms with E-state index in [0.29, 0.717) is 24.3 Å². The van der Waals surface area contributed by atoms with Crippen molar-refractivity contribution in [1.29, 1.82) is 0 Å². The number of carbonyl (C=O) groups excluding carboxylic acids is 2. The zero-order chi connectivity index (χ0) is 21.1. The van der Waals surface area contributed by atoms with Crippen molar-refractivity contribution in [1.82, 2.24) is 9.88 Å². The quantitative estimate of drug-likeness (QED) is 0.674. The molecule has 1 unspecified atom stereocenters. The van der Waals surface area contributed by atoms with Crippen LogP contribution in [0.3, 0.4) is 0 Å². The van der Waals surface area contributed by atoms with Crippen LogP contribution in [0.25, 0.3) is 10.9 Å². The molecule has 152 valence electrons. The van der Waals surface area contributed by atoms with Gasteiger partial charge in [-0.1, -0.05) is 25.1 Å². The molecular formula is C24H28N2O3. The third-order valence-corrected chi connectivity index (χ3v) is 5.41. The first-order valence-electron chi connectivity index (χ1n) is 10.0. The van der Waals surface area contributed by atoms with Gasteiger partial charge in [0.05, 0.1) is 18.5 Å². The Morgan fingerprint density at radius 1 is 1.14 bits per heavy atom. The molecule has 1 N–H and O–H groups in total. The third kappa shape index (κ3) is 3.65. The first-order valence-corrected chi connectivity index (χ1v) is 10.0. The molecule has 0 saturated carbocycles. The smallest absolute Gasteiger partial charge is 0.262 e. The second-order valence-electron chi connectivity index (χ2n) is 7.17. The summed E-state index contributed by atoms with van der Waals surface area (Å²) in [4.78, 5) is 26.3. The molecule has 0 saturated heterocycles. The lowest BCUT2D eigenvalue weighted by molar-refractivity contribution is -0.122. The van der Waals surface area contributed by atoms with Gasteiger partial charge in [0.15, 0.2) is 0 Å². The molecule has 1 heterocycles. The van der Waals surface area contributed by atoms with E-state index in [4.69, 9.17) is 4.74 Å². The SMILES string of the molecule is CCNC(=O)C(C)c1c(CC)n(C(=O)c2ccccc2C)c2ccc(OC)cc12. The average molecular weight is 392 g/mol. The number of aromatic nitrogens is 1. The van der Waals surface area contributed by atoms with Gasteiger partial charge in [0.25, 0.3) is 5.91 Å². The van der Waals surface area contributed by atoms with Crippen molar-refractivity contribution in [2.75, 3.05) is 13.7 Å². The monoisotopic (exact) mass is 392 g/mol. The number of nitrogens with one attached hydrogen (secondary N) is 1. The number of methoxy groups -OCH3 is 1. The Balaban J connectivity index is 2.32. The number of aryl methyl sites for hydroxylation is 1. The zero-order valence-corrected chi connectivity index (χ0v) is 17.7. The molecule has 5 heteroatoms. The van der Waals surface area contributed by atoms with Crippen molar-refractivity contribution >= 4 is 22.7 Å². The number of amides is 1. The number of hydrogen-bond acceptors (Lipinski definition) is 3. The minimum Gasteiger partial charge on any atom is -0.497 e. The molecule has 2 aromatic carbocycles. The van der Waals surface area contributed by atoms with E-state index >= 15 is 0 Å². The maximum Gasteiger partial charge on any atom is 0.262 e. The Kier molecular flexibility index (Phi) is 6.06. The molecule has 0 aliphatic carbocycles. The number of fused-ring (bicyclic) bond motifs is 1. The molecule has 0 spiro atoms. The van der Waals surface area contributed by atoms with E-state index in [1.165, 1.54) is 0 Å². The molecule has 29 heavy (non-hydrogen) atoms. The topological polar surface area (TPSA) is 60.3 Å². The second-order valence-corrected chi connectivity index (χ2v) is 7.17. The first-order chi connectivity index (χ1) is 13.9. The standard InChI is InChI=1S/C24H28N2O3/c1-6-20-22(16(4)23(27)25-7-2)19-14-17(29-5)12-13-21(19)26(20)24(28)18-11-9-8-10-15(18)3/h8-14,16H,6-7H2,1-5H3,(H,25,27). The van der Waals surface area contributed by atoms with Gasteiger partial charge >= 0.3 is 0 Å². The van der Waals surface area contributed by atoms with E-state index in [2.05, 4.69) is 5.32 Å². The summed E-state index contributed by atoms with van der Waals surface area (Å²) >= 11 is 0. The molecular weight excluding hydrogens is 364 g/mol. The van der Waals surface area contributed by atoms with Gasteiger partial charge in [-0.25, -0.2) is 0 Å². The normalized spacial score (nSPS) is 12.0. The summed E-state index contributed by atoms with van der Waals surface area (Å²) in [5.41, 5.74) is 4.12. The predicted molar refractivity (Wildman–Crippen MR) is 116 cm³/mol. The summed E-state index contributed by atoms with van der Waals surface area (Å²) in [6.45, 7) is 8.31. The number of likely N-dealkylation sites (N-methyl/N-ethyl adjacent to an activating group) is 1. The lowest BCUT2D eigenvalue weighted by atomic mass is 9.95. The Labute approximate surface area is 171 Å². The van der Waals surface area contributed by atoms with Crippen molar-refractivity contribution in [3.8, 4) is 5.75 Å². The lowest BCUT2D eigenvalue weighted by Crippen LogP contribution is -2.28. The summed E-state index contributed by atoms with van der Waals surface area (Å²) in [7, 11) is 1.62. The van der Waals surface area contributed by atoms with Crippen LogP contribution in [-0.4, -0.2) is 30.0 Å². The molecule has 1 aromatic heterocycles. The second kappa shape index (κ2) is 8.52. The van der Waals surface area contributed by atoms with Crippen molar-refractivity contribution in [2.24, 2.45) is 0 Å². The van der Waals surface area contributed by atoms with E-state index in [-0.39, 0.29) is 17.7 Å². The fraction of sp³-hybridized carbons (Fsp3) is 0.333. The molecule has 0 aliphatic rings. The van der Waals surface area contributed by atoms with Crippen molar-refractivity contribution in [3.63, 3.8) is 0 Å². The van der Waals surface area contributed by atoms with Gasteiger partial charge in [-0.3, -0.25) is 14.2 Å². The summed E-state index contributed by atoms with van der Waals surface area (Å²) in [6, 6.07) is 13.3. The fourth-order valence-corrected chi connectivity index (χ4v) is 3.93. The highest BCUT2D eigenvalue weighted by Crippen LogP contribution is 2.35. The van der Waals surface area contributed by atoms with Crippen LogP contribution in [0.5, 0.6) is 5.75 Å². The highest BCUT2D eigenvalue weighted by atomic mass is 16.5. The van der Waals surface area contributed by atoms with Gasteiger partial charge in [0, 0.05) is 23.2 Å². The fourth-order valence-electron chi connectivity index (χ4n) is 3.93. The molecule has 3 aromatic rings. The van der Waals surface area contributed by atoms with Crippen LogP contribution in [0.4, 0.5) is 0 Å². The number of hydrogen-bond donors (Lipinski definition) is 1. The van der Waals surface area contributed by atoms with E-state index in [1.54, 1.807) is 11.7 Å². The van der Waals surface area contributed by atoms with Crippen LogP contribution in [0, 0.1) is 6.92 Å². The largest absolute Gasteiger partial charge is 0.497 e. The molecule has 1 atom stereocenters. The van der Waals surface area contributed by atoms with Crippen molar-refractivity contribution in [2.45, 2.75) is 40.0 Å². The molecule has 1 amide bonds. The Morgan fingerprint density at radius 3 is 2.48 bits per heavy atom. The van der Waals surface area contributed by atoms with E-state index in [1.807, 2.05) is 70.2 Å². The molecule has 3 rings (SSSR count). The number of rotatable bonds is 6. The molecule has 5 nitrogen and oxygen atoms in total. The lowest BCUT2D eigenvalue weighted by Gasteiger charge is -2.15. The highest BCUT2D eigenvalue weighted by molar-refractivity contribution is 6.06. The van der Waals surface area contributed by atoms with Gasteiger partial charge in [-0.2, -0.15) is 0 Å². The summed E-state index contributed by atoms with van der Waals surface area (Å²) < 4.78 is 7.18. The van der Waals surface area contributed by atoms with E-state index in [9.17, 15) is 9.59 Å². The Morgan fingerprint density at radius 2 is 1.86 bits per heavy atom. The third-order valence-electron chi connectivity index (χ3n) is 5.41. The maximum atomic E-state index is 13.6. The van der Waals surface area contributed by atoms with Crippen LogP contribution < -0.4 is 10.1 Å². The minimum atomic E-state index is -0.384. The Hall–Kier alpha value is -3.08. The van der Waals surface area contributed by atoms with Gasteiger partial charge < -0.3 is 10.1 Å². The van der Waals surface area contributed by atoms with E-state index < -0.39 is 0 Å². The van der Waals surface area contributed by atoms with Gasteiger partial charge in [-0.15, -0.1) is 0 Å². The summed E-state index contributed by atoms with van der Waals surface area (Å²) in [5.74, 6) is 0.187. The van der Waals surface area contributed by atoms with Crippen LogP contribution in [0.15, 0.2) is 42.5 Å². The molecule has 0 radical (unpaired) electrons. The van der Waals surface area contributed by atoms with Crippen molar-refractivity contribution < 1.29 is 14.3 Å². The van der Waals surface area contributed by atoms with Crippen LogP contribution in [0.2, 0.25) is 0 Å². The average Bonchev–Trinajstić information content (AvgIpc) is 3.06. The van der Waals surface area contributed by atoms with Crippen molar-refractivity contribution in [3.05, 3.63) is 64.8 Å². The molecule has 0 bridgehead atoms. The van der Waals surface area contributed by atoms with Gasteiger partial charge in [0.1, 0.15) is 5.75 Å². The minimum absolute atomic E-state index is 0.0487. The van der Waals surface area contributed by atoms with Gasteiger partial charge in [-0.05, 0) is 62.6 Å².